The van der Waals surface area contributed by atoms with Crippen molar-refractivity contribution in [3.8, 4) is 0 Å². The van der Waals surface area contributed by atoms with E-state index in [4.69, 9.17) is 5.73 Å². The summed E-state index contributed by atoms with van der Waals surface area (Å²) in [5, 5.41) is 0. The topological polar surface area (TPSA) is 26.0 Å². The summed E-state index contributed by atoms with van der Waals surface area (Å²) in [6.07, 6.45) is 2.71. The van der Waals surface area contributed by atoms with Crippen molar-refractivity contribution < 1.29 is 0 Å². The van der Waals surface area contributed by atoms with Gasteiger partial charge in [0.25, 0.3) is 0 Å². The molecular weight excluding hydrogens is 134 g/mol. The van der Waals surface area contributed by atoms with Gasteiger partial charge in [-0.25, -0.2) is 0 Å². The van der Waals surface area contributed by atoms with Crippen LogP contribution in [-0.4, -0.2) is 6.04 Å². The average molecular weight is 153 g/mol. The minimum Gasteiger partial charge on any atom is -0.327 e. The van der Waals surface area contributed by atoms with E-state index >= 15 is 0 Å². The van der Waals surface area contributed by atoms with Gasteiger partial charge in [0, 0.05) is 6.04 Å². The van der Waals surface area contributed by atoms with Crippen molar-refractivity contribution in [1.82, 2.24) is 0 Å². The van der Waals surface area contributed by atoms with Crippen LogP contribution in [-0.2, 0) is 0 Å². The molecule has 64 valence electrons. The van der Waals surface area contributed by atoms with Gasteiger partial charge in [0.2, 0.25) is 0 Å². The van der Waals surface area contributed by atoms with Gasteiger partial charge in [-0.2, -0.15) is 0 Å². The summed E-state index contributed by atoms with van der Waals surface area (Å²) in [7, 11) is 0. The molecule has 2 unspecified atom stereocenters. The fourth-order valence-corrected chi connectivity index (χ4v) is 3.19. The van der Waals surface area contributed by atoms with Gasteiger partial charge in [0.1, 0.15) is 0 Å². The minimum atomic E-state index is 0.492. The Labute approximate surface area is 69.4 Å². The van der Waals surface area contributed by atoms with Gasteiger partial charge in [0.05, 0.1) is 0 Å². The molecule has 0 radical (unpaired) electrons. The summed E-state index contributed by atoms with van der Waals surface area (Å²) < 4.78 is 0. The molecule has 3 aliphatic carbocycles. The molecule has 3 rings (SSSR count). The van der Waals surface area contributed by atoms with Gasteiger partial charge >= 0.3 is 0 Å². The summed E-state index contributed by atoms with van der Waals surface area (Å²) >= 11 is 0. The van der Waals surface area contributed by atoms with E-state index in [0.717, 1.165) is 17.8 Å². The zero-order valence-corrected chi connectivity index (χ0v) is 7.80. The van der Waals surface area contributed by atoms with Gasteiger partial charge in [-0.3, -0.25) is 0 Å². The summed E-state index contributed by atoms with van der Waals surface area (Å²) in [5.41, 5.74) is 6.63. The van der Waals surface area contributed by atoms with Crippen LogP contribution in [0, 0.1) is 23.2 Å². The highest BCUT2D eigenvalue weighted by Crippen LogP contribution is 2.60. The van der Waals surface area contributed by atoms with Crippen molar-refractivity contribution in [2.45, 2.75) is 39.7 Å². The van der Waals surface area contributed by atoms with Crippen molar-refractivity contribution >= 4 is 0 Å². The second kappa shape index (κ2) is 2.01. The van der Waals surface area contributed by atoms with Crippen molar-refractivity contribution in [1.29, 1.82) is 0 Å². The normalized spacial score (nSPS) is 53.5. The Hall–Kier alpha value is -0.0400. The summed E-state index contributed by atoms with van der Waals surface area (Å²) in [6.45, 7) is 7.15. The predicted molar refractivity (Wildman–Crippen MR) is 47.1 cm³/mol. The number of hydrogen-bond donors (Lipinski definition) is 1. The van der Waals surface area contributed by atoms with E-state index in [2.05, 4.69) is 20.8 Å². The maximum Gasteiger partial charge on any atom is 0.00702 e. The first-order chi connectivity index (χ1) is 5.03. The Kier molecular flexibility index (Phi) is 1.39. The molecule has 0 spiro atoms. The van der Waals surface area contributed by atoms with Crippen LogP contribution in [0.4, 0.5) is 0 Å². The Balaban J connectivity index is 2.17. The number of hydrogen-bond acceptors (Lipinski definition) is 1. The molecule has 0 aromatic rings. The van der Waals surface area contributed by atoms with Crippen LogP contribution in [0.2, 0.25) is 0 Å². The van der Waals surface area contributed by atoms with Crippen LogP contribution >= 0.6 is 0 Å². The maximum absolute atomic E-state index is 6.02. The van der Waals surface area contributed by atoms with E-state index in [-0.39, 0.29) is 0 Å². The van der Waals surface area contributed by atoms with Gasteiger partial charge in [-0.1, -0.05) is 20.8 Å². The fourth-order valence-electron chi connectivity index (χ4n) is 3.19. The number of rotatable bonds is 0. The Morgan fingerprint density at radius 2 is 1.91 bits per heavy atom. The molecule has 2 bridgehead atoms. The average Bonchev–Trinajstić information content (AvgIpc) is 1.93. The maximum atomic E-state index is 6.02. The standard InChI is InChI=1S/C10H19N/c1-6-8-4-7(5-9(6)11)10(8,2)3/h6-9H,4-5,11H2,1-3H3/t6-,7?,8?,9-/m0/s1. The van der Waals surface area contributed by atoms with Crippen molar-refractivity contribution in [3.63, 3.8) is 0 Å². The summed E-state index contributed by atoms with van der Waals surface area (Å²) in [5.74, 6) is 2.60. The highest BCUT2D eigenvalue weighted by molar-refractivity contribution is 5.06. The molecule has 3 aliphatic rings. The third-order valence-electron chi connectivity index (χ3n) is 4.41. The lowest BCUT2D eigenvalue weighted by molar-refractivity contribution is -0.108. The molecule has 0 aliphatic heterocycles. The number of fused-ring (bicyclic) bond motifs is 2. The van der Waals surface area contributed by atoms with Gasteiger partial charge in [0.15, 0.2) is 0 Å². The van der Waals surface area contributed by atoms with Crippen LogP contribution < -0.4 is 5.73 Å². The molecule has 1 heteroatoms. The SMILES string of the molecule is C[C@H]1C2CC(C[C@@H]1N)C2(C)C. The molecule has 0 aromatic heterocycles. The van der Waals surface area contributed by atoms with E-state index < -0.39 is 0 Å². The van der Waals surface area contributed by atoms with Crippen molar-refractivity contribution in [3.05, 3.63) is 0 Å². The van der Waals surface area contributed by atoms with Gasteiger partial charge in [-0.05, 0) is 36.0 Å². The zero-order valence-electron chi connectivity index (χ0n) is 7.80. The van der Waals surface area contributed by atoms with E-state index in [1.165, 1.54) is 12.8 Å². The second-order valence-electron chi connectivity index (χ2n) is 5.12. The first-order valence-electron chi connectivity index (χ1n) is 4.79. The second-order valence-corrected chi connectivity index (χ2v) is 5.12. The van der Waals surface area contributed by atoms with E-state index in [0.29, 0.717) is 11.5 Å². The molecule has 11 heavy (non-hydrogen) atoms. The molecule has 0 aromatic carbocycles. The molecule has 3 saturated carbocycles. The van der Waals surface area contributed by atoms with Crippen LogP contribution in [0.25, 0.3) is 0 Å². The first-order valence-corrected chi connectivity index (χ1v) is 4.79. The monoisotopic (exact) mass is 153 g/mol. The van der Waals surface area contributed by atoms with Gasteiger partial charge < -0.3 is 5.73 Å². The van der Waals surface area contributed by atoms with Crippen LogP contribution in [0.1, 0.15) is 33.6 Å². The largest absolute Gasteiger partial charge is 0.327 e. The molecular formula is C10H19N. The zero-order chi connectivity index (χ0) is 8.22. The van der Waals surface area contributed by atoms with E-state index in [1.54, 1.807) is 0 Å². The Morgan fingerprint density at radius 1 is 1.27 bits per heavy atom. The molecule has 2 N–H and O–H groups in total. The quantitative estimate of drug-likeness (QED) is 0.566. The third kappa shape index (κ3) is 0.807. The Morgan fingerprint density at radius 3 is 2.27 bits per heavy atom. The lowest BCUT2D eigenvalue weighted by Gasteiger charge is -2.61. The van der Waals surface area contributed by atoms with Crippen molar-refractivity contribution in [2.75, 3.05) is 0 Å². The lowest BCUT2D eigenvalue weighted by atomic mass is 9.45. The fraction of sp³-hybridized carbons (Fsp3) is 1.00. The number of nitrogens with two attached hydrogens (primary N) is 1. The molecule has 1 nitrogen and oxygen atoms in total. The molecule has 0 saturated heterocycles. The highest BCUT2D eigenvalue weighted by atomic mass is 14.7. The van der Waals surface area contributed by atoms with Crippen LogP contribution in [0.3, 0.4) is 0 Å². The highest BCUT2D eigenvalue weighted by Gasteiger charge is 2.55. The third-order valence-corrected chi connectivity index (χ3v) is 4.41. The summed E-state index contributed by atoms with van der Waals surface area (Å²) in [6, 6.07) is 0.492. The first kappa shape index (κ1) is 7.60. The van der Waals surface area contributed by atoms with E-state index in [1.807, 2.05) is 0 Å². The predicted octanol–water partition coefficient (Wildman–Crippen LogP) is 2.02. The Bertz CT molecular complexity index is 174. The van der Waals surface area contributed by atoms with Crippen LogP contribution in [0.15, 0.2) is 0 Å². The molecule has 0 heterocycles. The molecule has 4 atom stereocenters. The minimum absolute atomic E-state index is 0.492. The smallest absolute Gasteiger partial charge is 0.00702 e. The lowest BCUT2D eigenvalue weighted by Crippen LogP contribution is -2.58. The molecule has 0 amide bonds. The van der Waals surface area contributed by atoms with E-state index in [9.17, 15) is 0 Å². The van der Waals surface area contributed by atoms with Crippen LogP contribution in [0.5, 0.6) is 0 Å². The molecule has 3 fully saturated rings. The van der Waals surface area contributed by atoms with Crippen molar-refractivity contribution in [2.24, 2.45) is 28.9 Å². The van der Waals surface area contributed by atoms with Gasteiger partial charge in [-0.15, -0.1) is 0 Å². The summed E-state index contributed by atoms with van der Waals surface area (Å²) in [4.78, 5) is 0.